The fourth-order valence-corrected chi connectivity index (χ4v) is 1.79. The highest BCUT2D eigenvalue weighted by atomic mass is 16.1. The second kappa shape index (κ2) is 6.10. The molecule has 0 atom stereocenters. The third-order valence-electron chi connectivity index (χ3n) is 2.62. The highest BCUT2D eigenvalue weighted by Gasteiger charge is 2.05. The fraction of sp³-hybridized carbons (Fsp3) is 0.286. The monoisotopic (exact) mass is 271 g/mol. The van der Waals surface area contributed by atoms with Gasteiger partial charge < -0.3 is 5.32 Å². The summed E-state index contributed by atoms with van der Waals surface area (Å²) in [5.41, 5.74) is 2.82. The van der Waals surface area contributed by atoms with Gasteiger partial charge in [-0.3, -0.25) is 4.79 Å². The summed E-state index contributed by atoms with van der Waals surface area (Å²) in [4.78, 5) is 11.7. The minimum absolute atomic E-state index is 0.114. The summed E-state index contributed by atoms with van der Waals surface area (Å²) in [5, 5.41) is 13.9. The van der Waals surface area contributed by atoms with Crippen molar-refractivity contribution in [3.63, 3.8) is 0 Å². The summed E-state index contributed by atoms with van der Waals surface area (Å²) in [5.74, 6) is -0.121. The van der Waals surface area contributed by atoms with E-state index in [1.807, 2.05) is 39.0 Å². The van der Waals surface area contributed by atoms with Gasteiger partial charge in [0, 0.05) is 17.7 Å². The van der Waals surface area contributed by atoms with Gasteiger partial charge in [0.15, 0.2) is 0 Å². The molecule has 6 nitrogen and oxygen atoms in total. The van der Waals surface area contributed by atoms with Crippen LogP contribution in [0, 0.1) is 6.92 Å². The molecule has 0 spiro atoms. The van der Waals surface area contributed by atoms with Crippen LogP contribution in [0.2, 0.25) is 0 Å². The molecule has 20 heavy (non-hydrogen) atoms. The van der Waals surface area contributed by atoms with Crippen LogP contribution < -0.4 is 5.32 Å². The molecule has 0 saturated heterocycles. The lowest BCUT2D eigenvalue weighted by molar-refractivity contribution is -0.116. The van der Waals surface area contributed by atoms with Gasteiger partial charge >= 0.3 is 0 Å². The zero-order chi connectivity index (χ0) is 14.5. The lowest BCUT2D eigenvalue weighted by Crippen LogP contribution is -2.28. The lowest BCUT2D eigenvalue weighted by atomic mass is 10.1. The maximum Gasteiger partial charge on any atom is 0.244 e. The zero-order valence-corrected chi connectivity index (χ0v) is 11.7. The summed E-state index contributed by atoms with van der Waals surface area (Å²) in [7, 11) is 0. The van der Waals surface area contributed by atoms with E-state index in [0.717, 1.165) is 16.8 Å². The number of aromatic nitrogens is 4. The highest BCUT2D eigenvalue weighted by molar-refractivity contribution is 5.92. The van der Waals surface area contributed by atoms with E-state index < -0.39 is 0 Å². The first kappa shape index (κ1) is 13.9. The second-order valence-electron chi connectivity index (χ2n) is 4.81. The van der Waals surface area contributed by atoms with E-state index in [-0.39, 0.29) is 11.9 Å². The number of tetrazole rings is 1. The molecule has 1 aromatic heterocycles. The number of hydrogen-bond donors (Lipinski definition) is 1. The predicted octanol–water partition coefficient (Wildman–Crippen LogP) is 1.51. The van der Waals surface area contributed by atoms with Gasteiger partial charge in [-0.2, -0.15) is 4.68 Å². The molecule has 0 radical (unpaired) electrons. The molecule has 1 amide bonds. The van der Waals surface area contributed by atoms with Crippen molar-refractivity contribution in [2.45, 2.75) is 26.8 Å². The molecule has 0 aliphatic heterocycles. The zero-order valence-electron chi connectivity index (χ0n) is 11.7. The SMILES string of the molecule is Cc1ccc(-n2cnnn2)c(/C=C/C(=O)NC(C)C)c1. The summed E-state index contributed by atoms with van der Waals surface area (Å²) in [6, 6.07) is 5.99. The van der Waals surface area contributed by atoms with Crippen LogP contribution in [-0.4, -0.2) is 32.2 Å². The van der Waals surface area contributed by atoms with Crippen molar-refractivity contribution >= 4 is 12.0 Å². The number of nitrogens with zero attached hydrogens (tertiary/aromatic N) is 4. The fourth-order valence-electron chi connectivity index (χ4n) is 1.79. The average Bonchev–Trinajstić information content (AvgIpc) is 2.89. The van der Waals surface area contributed by atoms with Crippen molar-refractivity contribution in [3.05, 3.63) is 41.7 Å². The number of aryl methyl sites for hydroxylation is 1. The topological polar surface area (TPSA) is 72.7 Å². The van der Waals surface area contributed by atoms with Crippen LogP contribution in [0.4, 0.5) is 0 Å². The second-order valence-corrected chi connectivity index (χ2v) is 4.81. The smallest absolute Gasteiger partial charge is 0.244 e. The number of hydrogen-bond acceptors (Lipinski definition) is 4. The molecule has 0 unspecified atom stereocenters. The molecular formula is C14H17N5O. The Kier molecular flexibility index (Phi) is 4.24. The Labute approximate surface area is 117 Å². The summed E-state index contributed by atoms with van der Waals surface area (Å²) in [6.07, 6.45) is 4.81. The van der Waals surface area contributed by atoms with Crippen molar-refractivity contribution in [2.75, 3.05) is 0 Å². The lowest BCUT2D eigenvalue weighted by Gasteiger charge is -2.07. The first-order chi connectivity index (χ1) is 9.56. The van der Waals surface area contributed by atoms with Crippen molar-refractivity contribution < 1.29 is 4.79 Å². The maximum absolute atomic E-state index is 11.7. The van der Waals surface area contributed by atoms with E-state index in [0.29, 0.717) is 0 Å². The van der Waals surface area contributed by atoms with Gasteiger partial charge in [-0.1, -0.05) is 11.6 Å². The van der Waals surface area contributed by atoms with Crippen LogP contribution >= 0.6 is 0 Å². The number of rotatable bonds is 4. The molecule has 1 heterocycles. The number of nitrogens with one attached hydrogen (secondary N) is 1. The van der Waals surface area contributed by atoms with E-state index in [4.69, 9.17) is 0 Å². The van der Waals surface area contributed by atoms with Gasteiger partial charge in [0.1, 0.15) is 6.33 Å². The molecule has 2 rings (SSSR count). The Balaban J connectivity index is 2.29. The Morgan fingerprint density at radius 1 is 1.40 bits per heavy atom. The average molecular weight is 271 g/mol. The predicted molar refractivity (Wildman–Crippen MR) is 76.2 cm³/mol. The third kappa shape index (κ3) is 3.50. The summed E-state index contributed by atoms with van der Waals surface area (Å²) in [6.45, 7) is 5.84. The van der Waals surface area contributed by atoms with Gasteiger partial charge in [0.2, 0.25) is 5.91 Å². The van der Waals surface area contributed by atoms with Crippen molar-refractivity contribution in [1.29, 1.82) is 0 Å². The van der Waals surface area contributed by atoms with E-state index in [9.17, 15) is 4.79 Å². The third-order valence-corrected chi connectivity index (χ3v) is 2.62. The van der Waals surface area contributed by atoms with Crippen molar-refractivity contribution in [3.8, 4) is 5.69 Å². The molecule has 1 N–H and O–H groups in total. The van der Waals surface area contributed by atoms with Crippen LogP contribution in [0.25, 0.3) is 11.8 Å². The first-order valence-electron chi connectivity index (χ1n) is 6.39. The quantitative estimate of drug-likeness (QED) is 0.855. The number of benzene rings is 1. The normalized spacial score (nSPS) is 11.2. The molecule has 0 aliphatic rings. The Morgan fingerprint density at radius 3 is 2.85 bits per heavy atom. The van der Waals surface area contributed by atoms with E-state index in [2.05, 4.69) is 20.8 Å². The van der Waals surface area contributed by atoms with Crippen LogP contribution in [0.1, 0.15) is 25.0 Å². The molecule has 0 fully saturated rings. The molecule has 2 aromatic rings. The van der Waals surface area contributed by atoms with Crippen LogP contribution in [-0.2, 0) is 4.79 Å². The molecule has 104 valence electrons. The largest absolute Gasteiger partial charge is 0.350 e. The minimum atomic E-state index is -0.121. The minimum Gasteiger partial charge on any atom is -0.350 e. The standard InChI is InChI=1S/C14H17N5O/c1-10(2)16-14(20)7-5-12-8-11(3)4-6-13(12)19-9-15-17-18-19/h4-10H,1-3H3,(H,16,20)/b7-5+. The van der Waals surface area contributed by atoms with Gasteiger partial charge in [0.25, 0.3) is 0 Å². The Bertz CT molecular complexity index is 616. The van der Waals surface area contributed by atoms with Crippen LogP contribution in [0.15, 0.2) is 30.6 Å². The first-order valence-corrected chi connectivity index (χ1v) is 6.39. The summed E-state index contributed by atoms with van der Waals surface area (Å²) >= 11 is 0. The van der Waals surface area contributed by atoms with E-state index >= 15 is 0 Å². The molecule has 6 heteroatoms. The number of carbonyl (C=O) groups excluding carboxylic acids is 1. The summed E-state index contributed by atoms with van der Waals surface area (Å²) < 4.78 is 1.57. The molecular weight excluding hydrogens is 254 g/mol. The highest BCUT2D eigenvalue weighted by Crippen LogP contribution is 2.16. The van der Waals surface area contributed by atoms with Crippen molar-refractivity contribution in [2.24, 2.45) is 0 Å². The van der Waals surface area contributed by atoms with Gasteiger partial charge in [-0.15, -0.1) is 5.10 Å². The molecule has 1 aromatic carbocycles. The van der Waals surface area contributed by atoms with Gasteiger partial charge in [-0.05, 0) is 49.4 Å². The molecule has 0 saturated carbocycles. The maximum atomic E-state index is 11.7. The number of amides is 1. The Morgan fingerprint density at radius 2 is 2.20 bits per heavy atom. The Hall–Kier alpha value is -2.50. The number of carbonyl (C=O) groups is 1. The van der Waals surface area contributed by atoms with E-state index in [1.54, 1.807) is 10.8 Å². The van der Waals surface area contributed by atoms with E-state index in [1.165, 1.54) is 12.4 Å². The van der Waals surface area contributed by atoms with Crippen molar-refractivity contribution in [1.82, 2.24) is 25.5 Å². The van der Waals surface area contributed by atoms with Gasteiger partial charge in [0.05, 0.1) is 5.69 Å². The molecule has 0 bridgehead atoms. The molecule has 0 aliphatic carbocycles. The van der Waals surface area contributed by atoms with Crippen LogP contribution in [0.3, 0.4) is 0 Å². The van der Waals surface area contributed by atoms with Crippen LogP contribution in [0.5, 0.6) is 0 Å². The van der Waals surface area contributed by atoms with Gasteiger partial charge in [-0.25, -0.2) is 0 Å².